The standard InChI is InChI=1S/C12H24B2BrN3/c15-13(16-7-1-2-8-16)14(17-9-3-4-10-17)18-11-5-6-12-18/h1-12H2. The largest absolute Gasteiger partial charge is 0.336 e. The molecule has 0 aromatic rings. The molecule has 3 aliphatic rings. The van der Waals surface area contributed by atoms with Crippen molar-refractivity contribution in [3.05, 3.63) is 0 Å². The average Bonchev–Trinajstić information content (AvgIpc) is 3.14. The molecule has 0 N–H and O–H groups in total. The topological polar surface area (TPSA) is 9.72 Å². The van der Waals surface area contributed by atoms with E-state index in [2.05, 4.69) is 30.2 Å². The maximum Gasteiger partial charge on any atom is 0.308 e. The smallest absolute Gasteiger partial charge is 0.308 e. The maximum atomic E-state index is 4.03. The van der Waals surface area contributed by atoms with Crippen LogP contribution in [0.4, 0.5) is 0 Å². The van der Waals surface area contributed by atoms with E-state index < -0.39 is 0 Å². The molecule has 3 aliphatic heterocycles. The molecule has 0 spiro atoms. The lowest BCUT2D eigenvalue weighted by Gasteiger charge is -2.36. The zero-order chi connectivity index (χ0) is 12.4. The Morgan fingerprint density at radius 2 is 0.889 bits per heavy atom. The molecule has 3 heterocycles. The van der Waals surface area contributed by atoms with Gasteiger partial charge in [0.2, 0.25) is 0 Å². The first-order valence-electron chi connectivity index (χ1n) is 7.72. The predicted molar refractivity (Wildman–Crippen MR) is 82.9 cm³/mol. The molecule has 0 amide bonds. The summed E-state index contributed by atoms with van der Waals surface area (Å²) < 4.78 is 0. The molecule has 0 aromatic carbocycles. The van der Waals surface area contributed by atoms with E-state index >= 15 is 0 Å². The van der Waals surface area contributed by atoms with Gasteiger partial charge < -0.3 is 14.4 Å². The van der Waals surface area contributed by atoms with Crippen molar-refractivity contribution in [1.29, 1.82) is 0 Å². The Balaban J connectivity index is 1.70. The van der Waals surface area contributed by atoms with Gasteiger partial charge in [-0.15, -0.1) is 15.8 Å². The van der Waals surface area contributed by atoms with Gasteiger partial charge in [0.15, 0.2) is 0 Å². The van der Waals surface area contributed by atoms with Crippen LogP contribution in [0.2, 0.25) is 0 Å². The molecule has 0 saturated carbocycles. The quantitative estimate of drug-likeness (QED) is 0.732. The van der Waals surface area contributed by atoms with Crippen LogP contribution in [0.5, 0.6) is 0 Å². The van der Waals surface area contributed by atoms with Gasteiger partial charge in [-0.25, -0.2) is 0 Å². The van der Waals surface area contributed by atoms with Crippen molar-refractivity contribution in [1.82, 2.24) is 14.4 Å². The summed E-state index contributed by atoms with van der Waals surface area (Å²) in [6.07, 6.45) is 8.34. The highest BCUT2D eigenvalue weighted by Crippen LogP contribution is 2.24. The van der Waals surface area contributed by atoms with Crippen LogP contribution in [-0.4, -0.2) is 66.1 Å². The van der Waals surface area contributed by atoms with Gasteiger partial charge in [0.1, 0.15) is 0 Å². The van der Waals surface area contributed by atoms with Crippen molar-refractivity contribution in [2.75, 3.05) is 39.3 Å². The van der Waals surface area contributed by atoms with Crippen LogP contribution in [0, 0.1) is 0 Å². The summed E-state index contributed by atoms with van der Waals surface area (Å²) in [6.45, 7) is 8.40. The Bertz CT molecular complexity index is 248. The van der Waals surface area contributed by atoms with Crippen molar-refractivity contribution in [3.63, 3.8) is 0 Å². The van der Waals surface area contributed by atoms with Gasteiger partial charge in [0.05, 0.1) is 0 Å². The third-order valence-corrected chi connectivity index (χ3v) is 5.82. The third-order valence-electron chi connectivity index (χ3n) is 4.77. The van der Waals surface area contributed by atoms with Crippen molar-refractivity contribution in [2.24, 2.45) is 0 Å². The zero-order valence-electron chi connectivity index (χ0n) is 11.4. The van der Waals surface area contributed by atoms with E-state index in [0.29, 0.717) is 12.4 Å². The predicted octanol–water partition coefficient (Wildman–Crippen LogP) is 1.72. The normalized spacial score (nSPS) is 27.2. The second-order valence-electron chi connectivity index (χ2n) is 6.02. The van der Waals surface area contributed by atoms with Crippen LogP contribution in [0.15, 0.2) is 0 Å². The minimum Gasteiger partial charge on any atom is -0.336 e. The van der Waals surface area contributed by atoms with E-state index in [0.717, 1.165) is 0 Å². The molecule has 0 unspecified atom stereocenters. The zero-order valence-corrected chi connectivity index (χ0v) is 12.9. The van der Waals surface area contributed by atoms with E-state index in [1.165, 1.54) is 77.8 Å². The molecule has 0 aliphatic carbocycles. The van der Waals surface area contributed by atoms with Crippen LogP contribution < -0.4 is 0 Å². The number of hydrogen-bond donors (Lipinski definition) is 0. The number of rotatable bonds is 4. The lowest BCUT2D eigenvalue weighted by atomic mass is 9.40. The first-order valence-corrected chi connectivity index (χ1v) is 8.64. The van der Waals surface area contributed by atoms with Crippen LogP contribution >= 0.6 is 15.8 Å². The molecule has 0 bridgehead atoms. The Morgan fingerprint density at radius 1 is 0.556 bits per heavy atom. The lowest BCUT2D eigenvalue weighted by Crippen LogP contribution is -2.63. The Kier molecular flexibility index (Phi) is 4.71. The summed E-state index contributed by atoms with van der Waals surface area (Å²) >= 11 is 4.03. The van der Waals surface area contributed by atoms with E-state index in [-0.39, 0.29) is 0 Å². The van der Waals surface area contributed by atoms with Gasteiger partial charge in [0.25, 0.3) is 0 Å². The minimum absolute atomic E-state index is 0.538. The molecule has 0 atom stereocenters. The molecule has 3 rings (SSSR count). The molecule has 3 nitrogen and oxygen atoms in total. The summed E-state index contributed by atoms with van der Waals surface area (Å²) in [5.74, 6) is 0. The summed E-state index contributed by atoms with van der Waals surface area (Å²) in [6, 6.07) is 0. The van der Waals surface area contributed by atoms with Crippen LogP contribution in [0.25, 0.3) is 0 Å². The van der Waals surface area contributed by atoms with Crippen molar-refractivity contribution in [2.45, 2.75) is 38.5 Å². The van der Waals surface area contributed by atoms with E-state index in [1.807, 2.05) is 0 Å². The first kappa shape index (κ1) is 13.5. The highest BCUT2D eigenvalue weighted by atomic mass is 79.9. The average molecular weight is 312 g/mol. The fourth-order valence-electron chi connectivity index (χ4n) is 3.77. The van der Waals surface area contributed by atoms with Gasteiger partial charge in [-0.3, -0.25) is 0 Å². The summed E-state index contributed by atoms with van der Waals surface area (Å²) in [5, 5.41) is 0. The SMILES string of the molecule is BrB(B(N1CCCC1)N1CCCC1)N1CCCC1. The van der Waals surface area contributed by atoms with Gasteiger partial charge in [-0.1, -0.05) is 0 Å². The molecule has 0 radical (unpaired) electrons. The summed E-state index contributed by atoms with van der Waals surface area (Å²) in [7, 11) is 0. The molecule has 3 fully saturated rings. The molecule has 6 heteroatoms. The monoisotopic (exact) mass is 311 g/mol. The highest BCUT2D eigenvalue weighted by molar-refractivity contribution is 9.26. The van der Waals surface area contributed by atoms with Gasteiger partial charge in [-0.2, -0.15) is 0 Å². The van der Waals surface area contributed by atoms with Crippen molar-refractivity contribution < 1.29 is 0 Å². The van der Waals surface area contributed by atoms with Gasteiger partial charge >= 0.3 is 12.4 Å². The number of nitrogens with zero attached hydrogens (tertiary/aromatic N) is 3. The van der Waals surface area contributed by atoms with E-state index in [1.54, 1.807) is 0 Å². The van der Waals surface area contributed by atoms with Crippen LogP contribution in [0.3, 0.4) is 0 Å². The van der Waals surface area contributed by atoms with Gasteiger partial charge in [0, 0.05) is 0 Å². The fraction of sp³-hybridized carbons (Fsp3) is 1.00. The van der Waals surface area contributed by atoms with Crippen LogP contribution in [-0.2, 0) is 0 Å². The van der Waals surface area contributed by atoms with Crippen molar-refractivity contribution in [3.8, 4) is 0 Å². The van der Waals surface area contributed by atoms with E-state index in [9.17, 15) is 0 Å². The lowest BCUT2D eigenvalue weighted by molar-refractivity contribution is 0.434. The Hall–Kier alpha value is 0.490. The molecule has 0 aromatic heterocycles. The van der Waals surface area contributed by atoms with Crippen molar-refractivity contribution >= 4 is 28.2 Å². The molecule has 100 valence electrons. The Morgan fingerprint density at radius 3 is 1.28 bits per heavy atom. The molecular formula is C12H24B2BrN3. The molecular weight excluding hydrogens is 288 g/mol. The number of halogens is 1. The Labute approximate surface area is 120 Å². The van der Waals surface area contributed by atoms with Crippen LogP contribution in [0.1, 0.15) is 38.5 Å². The summed E-state index contributed by atoms with van der Waals surface area (Å²) in [4.78, 5) is 8.10. The second-order valence-corrected chi connectivity index (χ2v) is 6.95. The second kappa shape index (κ2) is 6.29. The number of hydrogen-bond acceptors (Lipinski definition) is 3. The molecule has 18 heavy (non-hydrogen) atoms. The first-order chi connectivity index (χ1) is 8.86. The fourth-order valence-corrected chi connectivity index (χ4v) is 4.85. The van der Waals surface area contributed by atoms with E-state index in [4.69, 9.17) is 0 Å². The maximum absolute atomic E-state index is 4.03. The summed E-state index contributed by atoms with van der Waals surface area (Å²) in [5.41, 5.74) is 0.538. The minimum atomic E-state index is 0.538. The molecule has 3 saturated heterocycles. The highest BCUT2D eigenvalue weighted by Gasteiger charge is 2.44. The third kappa shape index (κ3) is 2.82. The van der Waals surface area contributed by atoms with Gasteiger partial charge in [-0.05, 0) is 77.8 Å².